The highest BCUT2D eigenvalue weighted by Gasteiger charge is 2.26. The van der Waals surface area contributed by atoms with Crippen LogP contribution in [-0.2, 0) is 23.1 Å². The number of ether oxygens (including phenoxy) is 1. The van der Waals surface area contributed by atoms with Gasteiger partial charge in [0.1, 0.15) is 0 Å². The standard InChI is InChI=1S/C12H26NO5P/c1-7-13-12(14)11(17-9(2)3)8-16-19(6,15)18-10(4)5/h9-11H,7-8H2,1-6H3,(H,13,14)/t11-,19?/m0/s1. The molecule has 0 spiro atoms. The molecule has 19 heavy (non-hydrogen) atoms. The number of amides is 1. The van der Waals surface area contributed by atoms with Gasteiger partial charge in [-0.2, -0.15) is 0 Å². The number of hydrogen-bond donors (Lipinski definition) is 1. The van der Waals surface area contributed by atoms with Gasteiger partial charge in [-0.15, -0.1) is 0 Å². The van der Waals surface area contributed by atoms with Crippen LogP contribution in [-0.4, -0.2) is 44.0 Å². The minimum atomic E-state index is -3.16. The lowest BCUT2D eigenvalue weighted by molar-refractivity contribution is -0.137. The van der Waals surface area contributed by atoms with Crippen LogP contribution < -0.4 is 5.32 Å². The second-order valence-corrected chi connectivity index (χ2v) is 6.80. The Hall–Kier alpha value is -0.420. The van der Waals surface area contributed by atoms with E-state index in [1.165, 1.54) is 6.66 Å². The van der Waals surface area contributed by atoms with E-state index in [0.717, 1.165) is 0 Å². The van der Waals surface area contributed by atoms with Gasteiger partial charge >= 0.3 is 7.60 Å². The third kappa shape index (κ3) is 9.16. The molecular formula is C12H26NO5P. The third-order valence-corrected chi connectivity index (χ3v) is 3.37. The Labute approximate surface area is 115 Å². The summed E-state index contributed by atoms with van der Waals surface area (Å²) >= 11 is 0. The molecule has 2 atom stereocenters. The average Bonchev–Trinajstić information content (AvgIpc) is 2.22. The van der Waals surface area contributed by atoms with Crippen LogP contribution in [0.2, 0.25) is 0 Å². The van der Waals surface area contributed by atoms with Gasteiger partial charge in [0.2, 0.25) is 0 Å². The van der Waals surface area contributed by atoms with Gasteiger partial charge in [0.25, 0.3) is 5.91 Å². The fourth-order valence-electron chi connectivity index (χ4n) is 1.41. The summed E-state index contributed by atoms with van der Waals surface area (Å²) in [5.41, 5.74) is 0. The van der Waals surface area contributed by atoms with Crippen LogP contribution in [0.4, 0.5) is 0 Å². The van der Waals surface area contributed by atoms with Gasteiger partial charge in [-0.1, -0.05) is 0 Å². The smallest absolute Gasteiger partial charge is 0.327 e. The predicted octanol–water partition coefficient (Wildman–Crippen LogP) is 2.18. The summed E-state index contributed by atoms with van der Waals surface area (Å²) in [4.78, 5) is 11.8. The summed E-state index contributed by atoms with van der Waals surface area (Å²) in [6, 6.07) is 0. The molecule has 1 unspecified atom stereocenters. The van der Waals surface area contributed by atoms with Crippen molar-refractivity contribution in [1.29, 1.82) is 0 Å². The number of nitrogens with one attached hydrogen (secondary N) is 1. The summed E-state index contributed by atoms with van der Waals surface area (Å²) in [5, 5.41) is 2.65. The van der Waals surface area contributed by atoms with Crippen molar-refractivity contribution in [3.8, 4) is 0 Å². The van der Waals surface area contributed by atoms with E-state index in [2.05, 4.69) is 5.32 Å². The average molecular weight is 295 g/mol. The van der Waals surface area contributed by atoms with Gasteiger partial charge in [0.15, 0.2) is 6.10 Å². The van der Waals surface area contributed by atoms with Gasteiger partial charge in [0, 0.05) is 13.2 Å². The third-order valence-electron chi connectivity index (χ3n) is 1.94. The first-order valence-corrected chi connectivity index (χ1v) is 8.50. The molecule has 6 nitrogen and oxygen atoms in total. The van der Waals surface area contributed by atoms with Crippen molar-refractivity contribution >= 4 is 13.5 Å². The maximum absolute atomic E-state index is 12.0. The van der Waals surface area contributed by atoms with E-state index in [1.54, 1.807) is 13.8 Å². The molecule has 114 valence electrons. The van der Waals surface area contributed by atoms with Crippen molar-refractivity contribution in [1.82, 2.24) is 5.32 Å². The van der Waals surface area contributed by atoms with Crippen LogP contribution in [0.15, 0.2) is 0 Å². The molecule has 0 saturated carbocycles. The molecule has 1 amide bonds. The Kier molecular flexibility index (Phi) is 8.50. The second-order valence-electron chi connectivity index (χ2n) is 4.79. The highest BCUT2D eigenvalue weighted by molar-refractivity contribution is 7.53. The number of rotatable bonds is 9. The molecule has 7 heteroatoms. The lowest BCUT2D eigenvalue weighted by Gasteiger charge is -2.22. The van der Waals surface area contributed by atoms with Crippen molar-refractivity contribution in [3.63, 3.8) is 0 Å². The zero-order valence-electron chi connectivity index (χ0n) is 12.6. The fourth-order valence-corrected chi connectivity index (χ4v) is 2.64. The number of hydrogen-bond acceptors (Lipinski definition) is 5. The normalized spacial score (nSPS) is 16.4. The Bertz CT molecular complexity index is 319. The molecule has 0 aromatic rings. The molecule has 0 heterocycles. The van der Waals surface area contributed by atoms with Crippen LogP contribution in [0.25, 0.3) is 0 Å². The second kappa shape index (κ2) is 8.69. The largest absolute Gasteiger partial charge is 0.363 e. The summed E-state index contributed by atoms with van der Waals surface area (Å²) in [6.07, 6.45) is -1.12. The molecule has 0 rings (SSSR count). The molecule has 0 radical (unpaired) electrons. The van der Waals surface area contributed by atoms with E-state index >= 15 is 0 Å². The Balaban J connectivity index is 4.48. The molecular weight excluding hydrogens is 269 g/mol. The first-order chi connectivity index (χ1) is 8.68. The fraction of sp³-hybridized carbons (Fsp3) is 0.917. The first-order valence-electron chi connectivity index (χ1n) is 6.51. The molecule has 0 aliphatic carbocycles. The molecule has 0 aliphatic rings. The van der Waals surface area contributed by atoms with E-state index in [1.807, 2.05) is 20.8 Å². The molecule has 0 aromatic heterocycles. The van der Waals surface area contributed by atoms with Crippen LogP contribution in [0, 0.1) is 0 Å². The van der Waals surface area contributed by atoms with Crippen molar-refractivity contribution < 1.29 is 23.1 Å². The van der Waals surface area contributed by atoms with Gasteiger partial charge in [0.05, 0.1) is 18.8 Å². The molecule has 0 saturated heterocycles. The monoisotopic (exact) mass is 295 g/mol. The Morgan fingerprint density at radius 1 is 1.21 bits per heavy atom. The zero-order chi connectivity index (χ0) is 15.1. The highest BCUT2D eigenvalue weighted by Crippen LogP contribution is 2.45. The number of carbonyl (C=O) groups is 1. The summed E-state index contributed by atoms with van der Waals surface area (Å²) < 4.78 is 27.8. The SMILES string of the molecule is CCNC(=O)[C@H](COP(C)(=O)OC(C)C)OC(C)C. The van der Waals surface area contributed by atoms with Crippen molar-refractivity contribution in [2.75, 3.05) is 19.8 Å². The minimum absolute atomic E-state index is 0.0927. The van der Waals surface area contributed by atoms with Crippen LogP contribution in [0.1, 0.15) is 34.6 Å². The van der Waals surface area contributed by atoms with E-state index in [0.29, 0.717) is 6.54 Å². The van der Waals surface area contributed by atoms with Crippen LogP contribution >= 0.6 is 7.60 Å². The molecule has 0 aliphatic heterocycles. The van der Waals surface area contributed by atoms with Crippen molar-refractivity contribution in [3.05, 3.63) is 0 Å². The molecule has 0 bridgehead atoms. The molecule has 0 aromatic carbocycles. The van der Waals surface area contributed by atoms with E-state index in [-0.39, 0.29) is 24.7 Å². The van der Waals surface area contributed by atoms with Crippen LogP contribution in [0.5, 0.6) is 0 Å². The highest BCUT2D eigenvalue weighted by atomic mass is 31.2. The van der Waals surface area contributed by atoms with Crippen molar-refractivity contribution in [2.24, 2.45) is 0 Å². The zero-order valence-corrected chi connectivity index (χ0v) is 13.5. The van der Waals surface area contributed by atoms with Gasteiger partial charge < -0.3 is 19.1 Å². The van der Waals surface area contributed by atoms with Gasteiger partial charge in [-0.25, -0.2) is 0 Å². The maximum atomic E-state index is 12.0. The van der Waals surface area contributed by atoms with E-state index < -0.39 is 13.7 Å². The summed E-state index contributed by atoms with van der Waals surface area (Å²) in [7, 11) is -3.16. The van der Waals surface area contributed by atoms with E-state index in [9.17, 15) is 9.36 Å². The van der Waals surface area contributed by atoms with Crippen LogP contribution in [0.3, 0.4) is 0 Å². The Morgan fingerprint density at radius 2 is 1.79 bits per heavy atom. The lowest BCUT2D eigenvalue weighted by Crippen LogP contribution is -2.40. The van der Waals surface area contributed by atoms with Crippen molar-refractivity contribution in [2.45, 2.75) is 52.9 Å². The van der Waals surface area contributed by atoms with Gasteiger partial charge in [-0.3, -0.25) is 9.36 Å². The minimum Gasteiger partial charge on any atom is -0.363 e. The summed E-state index contributed by atoms with van der Waals surface area (Å²) in [6.45, 7) is 10.8. The Morgan fingerprint density at radius 3 is 2.21 bits per heavy atom. The maximum Gasteiger partial charge on any atom is 0.327 e. The predicted molar refractivity (Wildman–Crippen MR) is 74.4 cm³/mol. The lowest BCUT2D eigenvalue weighted by atomic mass is 10.3. The van der Waals surface area contributed by atoms with E-state index in [4.69, 9.17) is 13.8 Å². The molecule has 1 N–H and O–H groups in total. The number of carbonyl (C=O) groups excluding carboxylic acids is 1. The quantitative estimate of drug-likeness (QED) is 0.660. The first kappa shape index (κ1) is 18.6. The summed E-state index contributed by atoms with van der Waals surface area (Å²) in [5.74, 6) is -0.277. The molecule has 0 fully saturated rings. The van der Waals surface area contributed by atoms with Gasteiger partial charge in [-0.05, 0) is 34.6 Å². The topological polar surface area (TPSA) is 73.9 Å². The number of likely N-dealkylation sites (N-methyl/N-ethyl adjacent to an activating group) is 1.